The molecule has 0 radical (unpaired) electrons. The largest absolute Gasteiger partial charge is 0.493 e. The molecule has 0 fully saturated rings. The van der Waals surface area contributed by atoms with E-state index in [1.807, 2.05) is 26.0 Å². The summed E-state index contributed by atoms with van der Waals surface area (Å²) in [5, 5.41) is 2.96. The fourth-order valence-electron chi connectivity index (χ4n) is 3.38. The Bertz CT molecular complexity index is 820. The van der Waals surface area contributed by atoms with Crippen molar-refractivity contribution in [1.82, 2.24) is 4.90 Å². The molecule has 2 aromatic carbocycles. The standard InChI is InChI=1S/C21H25FN2O2/c1-4-14-11-20(26-5-2)17(12-18(14)22)21(25)23-19-8-6-7-15-13-24(3)10-9-16(15)19/h6-8,11-12H,4-5,9-10,13H2,1-3H3,(H,23,25). The average molecular weight is 356 g/mol. The lowest BCUT2D eigenvalue weighted by Crippen LogP contribution is -2.27. The number of nitrogens with one attached hydrogen (secondary N) is 1. The molecule has 1 aliphatic heterocycles. The minimum Gasteiger partial charge on any atom is -0.493 e. The lowest BCUT2D eigenvalue weighted by Gasteiger charge is -2.26. The zero-order valence-electron chi connectivity index (χ0n) is 15.6. The van der Waals surface area contributed by atoms with Crippen LogP contribution in [0, 0.1) is 5.82 Å². The number of rotatable bonds is 5. The number of fused-ring (bicyclic) bond motifs is 1. The summed E-state index contributed by atoms with van der Waals surface area (Å²) in [6, 6.07) is 8.84. The van der Waals surface area contributed by atoms with Gasteiger partial charge >= 0.3 is 0 Å². The van der Waals surface area contributed by atoms with Gasteiger partial charge in [0.1, 0.15) is 11.6 Å². The van der Waals surface area contributed by atoms with Crippen molar-refractivity contribution in [1.29, 1.82) is 0 Å². The highest BCUT2D eigenvalue weighted by molar-refractivity contribution is 6.06. The Kier molecular flexibility index (Phi) is 5.57. The molecule has 0 saturated carbocycles. The Hall–Kier alpha value is -2.40. The summed E-state index contributed by atoms with van der Waals surface area (Å²) in [7, 11) is 2.08. The molecule has 5 heteroatoms. The number of halogens is 1. The monoisotopic (exact) mass is 356 g/mol. The molecule has 0 aromatic heterocycles. The number of aryl methyl sites for hydroxylation is 1. The number of hydrogen-bond acceptors (Lipinski definition) is 3. The number of benzene rings is 2. The van der Waals surface area contributed by atoms with Crippen molar-refractivity contribution in [3.05, 3.63) is 58.4 Å². The van der Waals surface area contributed by atoms with E-state index in [0.717, 1.165) is 30.8 Å². The van der Waals surface area contributed by atoms with E-state index >= 15 is 0 Å². The maximum atomic E-state index is 14.2. The van der Waals surface area contributed by atoms with E-state index in [9.17, 15) is 9.18 Å². The van der Waals surface area contributed by atoms with Crippen molar-refractivity contribution >= 4 is 11.6 Å². The first-order valence-electron chi connectivity index (χ1n) is 9.09. The first-order valence-corrected chi connectivity index (χ1v) is 9.09. The van der Waals surface area contributed by atoms with Gasteiger partial charge in [-0.05, 0) is 61.7 Å². The van der Waals surface area contributed by atoms with Gasteiger partial charge in [-0.15, -0.1) is 0 Å². The lowest BCUT2D eigenvalue weighted by molar-refractivity contribution is 0.102. The molecule has 4 nitrogen and oxygen atoms in total. The second-order valence-electron chi connectivity index (χ2n) is 6.61. The van der Waals surface area contributed by atoms with Gasteiger partial charge in [0.05, 0.1) is 12.2 Å². The summed E-state index contributed by atoms with van der Waals surface area (Å²) in [6.45, 7) is 5.96. The predicted octanol–water partition coefficient (Wildman–Crippen LogP) is 4.03. The molecule has 2 aromatic rings. The zero-order valence-corrected chi connectivity index (χ0v) is 15.6. The smallest absolute Gasteiger partial charge is 0.259 e. The molecule has 138 valence electrons. The summed E-state index contributed by atoms with van der Waals surface area (Å²) in [6.07, 6.45) is 1.43. The van der Waals surface area contributed by atoms with Gasteiger partial charge in [0, 0.05) is 18.8 Å². The fraction of sp³-hybridized carbons (Fsp3) is 0.381. The van der Waals surface area contributed by atoms with E-state index < -0.39 is 0 Å². The van der Waals surface area contributed by atoms with Crippen LogP contribution in [0.5, 0.6) is 5.75 Å². The predicted molar refractivity (Wildman–Crippen MR) is 101 cm³/mol. The number of likely N-dealkylation sites (N-methyl/N-ethyl adjacent to an activating group) is 1. The van der Waals surface area contributed by atoms with Crippen molar-refractivity contribution in [3.8, 4) is 5.75 Å². The number of carbonyl (C=O) groups is 1. The normalized spacial score (nSPS) is 14.0. The van der Waals surface area contributed by atoms with Crippen LogP contribution in [0.4, 0.5) is 10.1 Å². The van der Waals surface area contributed by atoms with E-state index in [4.69, 9.17) is 4.74 Å². The highest BCUT2D eigenvalue weighted by Gasteiger charge is 2.20. The molecule has 1 aliphatic rings. The molecule has 0 bridgehead atoms. The van der Waals surface area contributed by atoms with Gasteiger partial charge in [-0.25, -0.2) is 4.39 Å². The van der Waals surface area contributed by atoms with Gasteiger partial charge in [0.15, 0.2) is 0 Å². The van der Waals surface area contributed by atoms with Crippen molar-refractivity contribution in [2.45, 2.75) is 33.2 Å². The van der Waals surface area contributed by atoms with Gasteiger partial charge < -0.3 is 15.0 Å². The third kappa shape index (κ3) is 3.73. The molecule has 0 unspecified atom stereocenters. The molecule has 1 amide bonds. The quantitative estimate of drug-likeness (QED) is 0.879. The topological polar surface area (TPSA) is 41.6 Å². The molecule has 1 heterocycles. The second kappa shape index (κ2) is 7.87. The van der Waals surface area contributed by atoms with Crippen LogP contribution in [0.3, 0.4) is 0 Å². The SMILES string of the molecule is CCOc1cc(CC)c(F)cc1C(=O)Nc1cccc2c1CCN(C)C2. The summed E-state index contributed by atoms with van der Waals surface area (Å²) in [5.74, 6) is -0.298. The van der Waals surface area contributed by atoms with Crippen LogP contribution < -0.4 is 10.1 Å². The van der Waals surface area contributed by atoms with Crippen LogP contribution in [-0.2, 0) is 19.4 Å². The Morgan fingerprint density at radius 1 is 1.31 bits per heavy atom. The van der Waals surface area contributed by atoms with Crippen molar-refractivity contribution in [2.24, 2.45) is 0 Å². The van der Waals surface area contributed by atoms with E-state index in [1.54, 1.807) is 6.07 Å². The minimum absolute atomic E-state index is 0.229. The number of nitrogens with zero attached hydrogens (tertiary/aromatic N) is 1. The van der Waals surface area contributed by atoms with E-state index in [-0.39, 0.29) is 17.3 Å². The molecule has 3 rings (SSSR count). The lowest BCUT2D eigenvalue weighted by atomic mass is 9.98. The average Bonchev–Trinajstić information content (AvgIpc) is 2.62. The Morgan fingerprint density at radius 2 is 2.12 bits per heavy atom. The molecule has 0 spiro atoms. The molecule has 26 heavy (non-hydrogen) atoms. The maximum absolute atomic E-state index is 14.2. The summed E-state index contributed by atoms with van der Waals surface area (Å²) >= 11 is 0. The Morgan fingerprint density at radius 3 is 2.85 bits per heavy atom. The third-order valence-electron chi connectivity index (χ3n) is 4.78. The van der Waals surface area contributed by atoms with Crippen LogP contribution in [-0.4, -0.2) is 31.0 Å². The van der Waals surface area contributed by atoms with Gasteiger partial charge in [-0.1, -0.05) is 19.1 Å². The number of amides is 1. The highest BCUT2D eigenvalue weighted by Crippen LogP contribution is 2.28. The van der Waals surface area contributed by atoms with E-state index in [1.165, 1.54) is 11.6 Å². The first kappa shape index (κ1) is 18.4. The number of anilines is 1. The minimum atomic E-state index is -0.377. The number of carbonyl (C=O) groups excluding carboxylic acids is 1. The first-order chi connectivity index (χ1) is 12.5. The van der Waals surface area contributed by atoms with Gasteiger partial charge in [0.2, 0.25) is 0 Å². The van der Waals surface area contributed by atoms with Crippen LogP contribution in [0.2, 0.25) is 0 Å². The molecule has 0 atom stereocenters. The second-order valence-corrected chi connectivity index (χ2v) is 6.61. The van der Waals surface area contributed by atoms with E-state index in [0.29, 0.717) is 24.3 Å². The summed E-state index contributed by atoms with van der Waals surface area (Å²) in [4.78, 5) is 15.1. The molecule has 1 N–H and O–H groups in total. The molecular weight excluding hydrogens is 331 g/mol. The maximum Gasteiger partial charge on any atom is 0.259 e. The molecule has 0 aliphatic carbocycles. The van der Waals surface area contributed by atoms with E-state index in [2.05, 4.69) is 23.3 Å². The number of hydrogen-bond donors (Lipinski definition) is 1. The zero-order chi connectivity index (χ0) is 18.7. The van der Waals surface area contributed by atoms with Gasteiger partial charge in [-0.3, -0.25) is 4.79 Å². The Balaban J connectivity index is 1.92. The molecule has 0 saturated heterocycles. The Labute approximate surface area is 154 Å². The highest BCUT2D eigenvalue weighted by atomic mass is 19.1. The third-order valence-corrected chi connectivity index (χ3v) is 4.78. The van der Waals surface area contributed by atoms with Gasteiger partial charge in [0.25, 0.3) is 5.91 Å². The summed E-state index contributed by atoms with van der Waals surface area (Å²) in [5.41, 5.74) is 3.94. The van der Waals surface area contributed by atoms with Crippen molar-refractivity contribution in [3.63, 3.8) is 0 Å². The number of ether oxygens (including phenoxy) is 1. The molecular formula is C21H25FN2O2. The van der Waals surface area contributed by atoms with Crippen LogP contribution in [0.25, 0.3) is 0 Å². The fourth-order valence-corrected chi connectivity index (χ4v) is 3.38. The van der Waals surface area contributed by atoms with Gasteiger partial charge in [-0.2, -0.15) is 0 Å². The van der Waals surface area contributed by atoms with Crippen LogP contribution >= 0.6 is 0 Å². The summed E-state index contributed by atoms with van der Waals surface area (Å²) < 4.78 is 19.8. The van der Waals surface area contributed by atoms with Crippen LogP contribution in [0.1, 0.15) is 40.9 Å². The van der Waals surface area contributed by atoms with Crippen LogP contribution in [0.15, 0.2) is 30.3 Å². The van der Waals surface area contributed by atoms with Crippen molar-refractivity contribution < 1.29 is 13.9 Å². The van der Waals surface area contributed by atoms with Crippen molar-refractivity contribution in [2.75, 3.05) is 25.5 Å².